The minimum absolute atomic E-state index is 0.237. The molecule has 6 nitrogen and oxygen atoms in total. The summed E-state index contributed by atoms with van der Waals surface area (Å²) in [4.78, 5) is 29.4. The van der Waals surface area contributed by atoms with E-state index in [1.807, 2.05) is 31.7 Å². The van der Waals surface area contributed by atoms with E-state index in [0.29, 0.717) is 6.54 Å². The van der Waals surface area contributed by atoms with Crippen molar-refractivity contribution >= 4 is 23.7 Å². The van der Waals surface area contributed by atoms with Crippen LogP contribution in [0.15, 0.2) is 35.2 Å². The van der Waals surface area contributed by atoms with Crippen LogP contribution in [0.1, 0.15) is 13.8 Å². The normalized spacial score (nSPS) is 17.0. The predicted octanol–water partition coefficient (Wildman–Crippen LogP) is 1.63. The SMILES string of the molecule is CCNC(=O)NC(=O)C(C)N1CCN(CCSc2ccccc2)CC1. The lowest BCUT2D eigenvalue weighted by Crippen LogP contribution is -2.55. The fraction of sp³-hybridized carbons (Fsp3) is 0.556. The number of urea groups is 1. The van der Waals surface area contributed by atoms with E-state index in [-0.39, 0.29) is 11.9 Å². The summed E-state index contributed by atoms with van der Waals surface area (Å²) < 4.78 is 0. The smallest absolute Gasteiger partial charge is 0.321 e. The third-order valence-electron chi connectivity index (χ3n) is 4.33. The lowest BCUT2D eigenvalue weighted by atomic mass is 10.2. The van der Waals surface area contributed by atoms with Gasteiger partial charge in [0.25, 0.3) is 0 Å². The first-order chi connectivity index (χ1) is 12.1. The van der Waals surface area contributed by atoms with Gasteiger partial charge in [0.15, 0.2) is 0 Å². The van der Waals surface area contributed by atoms with Gasteiger partial charge in [0.2, 0.25) is 5.91 Å². The third kappa shape index (κ3) is 6.68. The van der Waals surface area contributed by atoms with Gasteiger partial charge in [-0.05, 0) is 26.0 Å². The summed E-state index contributed by atoms with van der Waals surface area (Å²) in [6, 6.07) is 9.73. The molecule has 1 heterocycles. The monoisotopic (exact) mass is 364 g/mol. The zero-order chi connectivity index (χ0) is 18.1. The second kappa shape index (κ2) is 10.4. The van der Waals surface area contributed by atoms with Crippen LogP contribution in [0.4, 0.5) is 4.79 Å². The van der Waals surface area contributed by atoms with E-state index >= 15 is 0 Å². The van der Waals surface area contributed by atoms with Crippen molar-refractivity contribution in [2.75, 3.05) is 45.0 Å². The fourth-order valence-electron chi connectivity index (χ4n) is 2.77. The Morgan fingerprint density at radius 3 is 2.48 bits per heavy atom. The van der Waals surface area contributed by atoms with Crippen LogP contribution in [0.25, 0.3) is 0 Å². The minimum Gasteiger partial charge on any atom is -0.338 e. The van der Waals surface area contributed by atoms with Crippen LogP contribution in [-0.2, 0) is 4.79 Å². The number of thioether (sulfide) groups is 1. The summed E-state index contributed by atoms with van der Waals surface area (Å²) in [6.45, 7) is 8.83. The molecule has 0 aliphatic carbocycles. The molecule has 0 radical (unpaired) electrons. The Morgan fingerprint density at radius 2 is 1.84 bits per heavy atom. The lowest BCUT2D eigenvalue weighted by Gasteiger charge is -2.37. The molecule has 0 aromatic heterocycles. The maximum absolute atomic E-state index is 12.1. The molecule has 1 saturated heterocycles. The number of benzene rings is 1. The van der Waals surface area contributed by atoms with Crippen molar-refractivity contribution in [3.63, 3.8) is 0 Å². The topological polar surface area (TPSA) is 64.7 Å². The van der Waals surface area contributed by atoms with Gasteiger partial charge in [-0.3, -0.25) is 19.9 Å². The van der Waals surface area contributed by atoms with Crippen molar-refractivity contribution in [3.05, 3.63) is 30.3 Å². The van der Waals surface area contributed by atoms with Crippen molar-refractivity contribution in [2.45, 2.75) is 24.8 Å². The average Bonchev–Trinajstić information content (AvgIpc) is 2.63. The molecule has 1 fully saturated rings. The van der Waals surface area contributed by atoms with E-state index in [0.717, 1.165) is 38.5 Å². The van der Waals surface area contributed by atoms with Crippen molar-refractivity contribution in [2.24, 2.45) is 0 Å². The summed E-state index contributed by atoms with van der Waals surface area (Å²) in [5, 5.41) is 4.97. The van der Waals surface area contributed by atoms with Gasteiger partial charge in [-0.1, -0.05) is 18.2 Å². The quantitative estimate of drug-likeness (QED) is 0.720. The molecule has 2 rings (SSSR count). The number of nitrogens with one attached hydrogen (secondary N) is 2. The van der Waals surface area contributed by atoms with Crippen molar-refractivity contribution < 1.29 is 9.59 Å². The number of piperazine rings is 1. The summed E-state index contributed by atoms with van der Waals surface area (Å²) in [5.74, 6) is 0.830. The molecule has 3 amide bonds. The molecule has 1 aromatic carbocycles. The standard InChI is InChI=1S/C18H28N4O2S/c1-3-19-18(24)20-17(23)15(2)22-11-9-21(10-12-22)13-14-25-16-7-5-4-6-8-16/h4-8,15H,3,9-14H2,1-2H3,(H2,19,20,23,24). The van der Waals surface area contributed by atoms with E-state index in [1.165, 1.54) is 4.90 Å². The second-order valence-electron chi connectivity index (χ2n) is 6.06. The molecule has 1 aliphatic rings. The Kier molecular flexibility index (Phi) is 8.24. The van der Waals surface area contributed by atoms with E-state index < -0.39 is 6.03 Å². The van der Waals surface area contributed by atoms with Crippen LogP contribution in [0.5, 0.6) is 0 Å². The first kappa shape index (κ1) is 19.8. The maximum atomic E-state index is 12.1. The summed E-state index contributed by atoms with van der Waals surface area (Å²) in [6.07, 6.45) is 0. The summed E-state index contributed by atoms with van der Waals surface area (Å²) >= 11 is 1.87. The van der Waals surface area contributed by atoms with Crippen molar-refractivity contribution in [1.29, 1.82) is 0 Å². The van der Waals surface area contributed by atoms with Gasteiger partial charge in [0.1, 0.15) is 0 Å². The Bertz CT molecular complexity index is 547. The minimum atomic E-state index is -0.420. The second-order valence-corrected chi connectivity index (χ2v) is 7.23. The predicted molar refractivity (Wildman–Crippen MR) is 102 cm³/mol. The van der Waals surface area contributed by atoms with E-state index in [4.69, 9.17) is 0 Å². The van der Waals surface area contributed by atoms with E-state index in [1.54, 1.807) is 0 Å². The van der Waals surface area contributed by atoms with Crippen LogP contribution in [0.2, 0.25) is 0 Å². The van der Waals surface area contributed by atoms with E-state index in [9.17, 15) is 9.59 Å². The highest BCUT2D eigenvalue weighted by Crippen LogP contribution is 2.17. The fourth-order valence-corrected chi connectivity index (χ4v) is 3.71. The molecular formula is C18H28N4O2S. The van der Waals surface area contributed by atoms with E-state index in [2.05, 4.69) is 44.7 Å². The number of amides is 3. The third-order valence-corrected chi connectivity index (χ3v) is 5.32. The van der Waals surface area contributed by atoms with Crippen molar-refractivity contribution in [3.8, 4) is 0 Å². The zero-order valence-corrected chi connectivity index (χ0v) is 15.8. The molecule has 25 heavy (non-hydrogen) atoms. The number of carbonyl (C=O) groups is 2. The Hall–Kier alpha value is -1.57. The molecular weight excluding hydrogens is 336 g/mol. The first-order valence-corrected chi connectivity index (χ1v) is 9.81. The van der Waals surface area contributed by atoms with Crippen LogP contribution >= 0.6 is 11.8 Å². The molecule has 0 saturated carbocycles. The molecule has 1 aliphatic heterocycles. The van der Waals surface area contributed by atoms with Crippen LogP contribution in [-0.4, -0.2) is 72.8 Å². The van der Waals surface area contributed by atoms with Gasteiger partial charge >= 0.3 is 6.03 Å². The molecule has 2 N–H and O–H groups in total. The van der Waals surface area contributed by atoms with Gasteiger partial charge < -0.3 is 5.32 Å². The summed E-state index contributed by atoms with van der Waals surface area (Å²) in [7, 11) is 0. The van der Waals surface area contributed by atoms with Crippen LogP contribution < -0.4 is 10.6 Å². The van der Waals surface area contributed by atoms with Crippen LogP contribution in [0.3, 0.4) is 0 Å². The van der Waals surface area contributed by atoms with Gasteiger partial charge in [-0.25, -0.2) is 4.79 Å². The Balaban J connectivity index is 1.66. The van der Waals surface area contributed by atoms with Gasteiger partial charge in [0.05, 0.1) is 6.04 Å². The highest BCUT2D eigenvalue weighted by atomic mass is 32.2. The number of imide groups is 1. The number of nitrogens with zero attached hydrogens (tertiary/aromatic N) is 2. The van der Waals surface area contributed by atoms with Crippen LogP contribution in [0, 0.1) is 0 Å². The molecule has 1 atom stereocenters. The molecule has 0 bridgehead atoms. The largest absolute Gasteiger partial charge is 0.338 e. The number of rotatable bonds is 7. The molecule has 1 aromatic rings. The molecule has 7 heteroatoms. The van der Waals surface area contributed by atoms with Gasteiger partial charge in [-0.2, -0.15) is 0 Å². The van der Waals surface area contributed by atoms with Gasteiger partial charge in [-0.15, -0.1) is 11.8 Å². The number of hydrogen-bond donors (Lipinski definition) is 2. The van der Waals surface area contributed by atoms with Crippen molar-refractivity contribution in [1.82, 2.24) is 20.4 Å². The summed E-state index contributed by atoms with van der Waals surface area (Å²) in [5.41, 5.74) is 0. The average molecular weight is 365 g/mol. The Labute approximate surface area is 154 Å². The highest BCUT2D eigenvalue weighted by Gasteiger charge is 2.26. The number of hydrogen-bond acceptors (Lipinski definition) is 5. The lowest BCUT2D eigenvalue weighted by molar-refractivity contribution is -0.125. The Morgan fingerprint density at radius 1 is 1.16 bits per heavy atom. The molecule has 0 spiro atoms. The molecule has 1 unspecified atom stereocenters. The zero-order valence-electron chi connectivity index (χ0n) is 15.0. The maximum Gasteiger partial charge on any atom is 0.321 e. The number of carbonyl (C=O) groups excluding carboxylic acids is 2. The molecule has 138 valence electrons. The van der Waals surface area contributed by atoms with Gasteiger partial charge in [0, 0.05) is 49.9 Å². The highest BCUT2D eigenvalue weighted by molar-refractivity contribution is 7.99. The first-order valence-electron chi connectivity index (χ1n) is 8.83.